The minimum absolute atomic E-state index is 1.25. The molecule has 0 fully saturated rings. The lowest BCUT2D eigenvalue weighted by Crippen LogP contribution is -2.01. The molecule has 0 aliphatic heterocycles. The Morgan fingerprint density at radius 3 is 1.88 bits per heavy atom. The van der Waals surface area contributed by atoms with Gasteiger partial charge < -0.3 is 0 Å². The average molecular weight is 232 g/mol. The topological polar surface area (TPSA) is 0 Å². The molecule has 0 saturated carbocycles. The van der Waals surface area contributed by atoms with E-state index in [0.717, 1.165) is 0 Å². The Kier molecular flexibility index (Phi) is 2.47. The maximum absolute atomic E-state index is 2.78. The van der Waals surface area contributed by atoms with Gasteiger partial charge >= 0.3 is 0 Å². The second kappa shape index (κ2) is 3.88. The van der Waals surface area contributed by atoms with Crippen LogP contribution in [0.3, 0.4) is 0 Å². The van der Waals surface area contributed by atoms with Crippen LogP contribution in [0.5, 0.6) is 0 Å². The number of hydrogen-bond donors (Lipinski definition) is 0. The summed E-state index contributed by atoms with van der Waals surface area (Å²) in [7, 11) is 0. The van der Waals surface area contributed by atoms with Crippen LogP contribution in [0, 0.1) is 13.8 Å². The molecule has 0 amide bonds. The van der Waals surface area contributed by atoms with E-state index in [-0.39, 0.29) is 0 Å². The smallest absolute Gasteiger partial charge is 0.138 e. The molecule has 1 heteroatoms. The van der Waals surface area contributed by atoms with E-state index in [1.54, 1.807) is 0 Å². The Morgan fingerprint density at radius 1 is 0.706 bits per heavy atom. The van der Waals surface area contributed by atoms with Gasteiger partial charge in [-0.3, -0.25) is 0 Å². The lowest BCUT2D eigenvalue weighted by molar-refractivity contribution is 1.53. The van der Waals surface area contributed by atoms with Crippen molar-refractivity contribution < 1.29 is 0 Å². The molecule has 0 atom stereocenters. The van der Waals surface area contributed by atoms with E-state index in [4.69, 9.17) is 0 Å². The second-order valence-electron chi connectivity index (χ2n) is 4.60. The molecule has 0 nitrogen and oxygen atoms in total. The summed E-state index contributed by atoms with van der Waals surface area (Å²) < 4.78 is 1.25. The number of rotatable bonds is 0. The minimum atomic E-state index is 1.25. The maximum Gasteiger partial charge on any atom is 0.175 e. The standard InChI is InChI=1S/C16H13.Al/c1-11-13-7-3-5-9-15(13)12(2)16-10-6-4-8-14(11)16;/h3-5,7-10H,1-2H3;. The molecule has 0 bridgehead atoms. The van der Waals surface area contributed by atoms with E-state index in [1.807, 2.05) is 0 Å². The molecule has 0 unspecified atom stereocenters. The summed E-state index contributed by atoms with van der Waals surface area (Å²) in [4.78, 5) is 0. The molecule has 0 spiro atoms. The number of aryl methyl sites for hydroxylation is 2. The SMILES string of the molecule is Cc1c2ccccc2c(C)c2c[c]([Al])ccc12. The summed E-state index contributed by atoms with van der Waals surface area (Å²) in [5, 5.41) is 5.48. The largest absolute Gasteiger partial charge is 0.175 e. The summed E-state index contributed by atoms with van der Waals surface area (Å²) >= 11 is 2.78. The highest BCUT2D eigenvalue weighted by Gasteiger charge is 2.07. The summed E-state index contributed by atoms with van der Waals surface area (Å²) in [5.41, 5.74) is 2.76. The molecule has 0 aliphatic rings. The van der Waals surface area contributed by atoms with Gasteiger partial charge in [-0.15, -0.1) is 4.43 Å². The van der Waals surface area contributed by atoms with Crippen LogP contribution in [0.1, 0.15) is 11.1 Å². The molecule has 0 saturated heterocycles. The van der Waals surface area contributed by atoms with E-state index in [0.29, 0.717) is 0 Å². The van der Waals surface area contributed by atoms with Gasteiger partial charge in [-0.1, -0.05) is 42.5 Å². The van der Waals surface area contributed by atoms with E-state index in [1.165, 1.54) is 37.1 Å². The second-order valence-corrected chi connectivity index (χ2v) is 5.27. The molecule has 0 N–H and O–H groups in total. The van der Waals surface area contributed by atoms with E-state index >= 15 is 0 Å². The Balaban J connectivity index is 2.63. The first kappa shape index (κ1) is 10.8. The molecule has 2 radical (unpaired) electrons. The van der Waals surface area contributed by atoms with Crippen molar-refractivity contribution in [2.45, 2.75) is 13.8 Å². The molecule has 3 rings (SSSR count). The van der Waals surface area contributed by atoms with Crippen molar-refractivity contribution in [3.05, 3.63) is 53.6 Å². The predicted octanol–water partition coefficient (Wildman–Crippen LogP) is 3.40. The predicted molar refractivity (Wildman–Crippen MR) is 76.3 cm³/mol. The van der Waals surface area contributed by atoms with E-state index in [9.17, 15) is 0 Å². The van der Waals surface area contributed by atoms with Crippen molar-refractivity contribution in [3.63, 3.8) is 0 Å². The molecule has 3 aromatic carbocycles. The Bertz CT molecular complexity index is 726. The normalized spacial score (nSPS) is 11.2. The zero-order chi connectivity index (χ0) is 12.0. The van der Waals surface area contributed by atoms with Crippen molar-refractivity contribution >= 4 is 42.3 Å². The lowest BCUT2D eigenvalue weighted by atomic mass is 9.93. The van der Waals surface area contributed by atoms with Crippen molar-refractivity contribution in [2.75, 3.05) is 0 Å². The first-order chi connectivity index (χ1) is 8.18. The van der Waals surface area contributed by atoms with Gasteiger partial charge in [-0.2, -0.15) is 0 Å². The van der Waals surface area contributed by atoms with Gasteiger partial charge in [0.15, 0.2) is 16.3 Å². The van der Waals surface area contributed by atoms with Crippen LogP contribution >= 0.6 is 0 Å². The first-order valence-electron chi connectivity index (χ1n) is 5.85. The average Bonchev–Trinajstić information content (AvgIpc) is 2.36. The van der Waals surface area contributed by atoms with Crippen molar-refractivity contribution in [2.24, 2.45) is 0 Å². The van der Waals surface area contributed by atoms with Gasteiger partial charge in [-0.05, 0) is 46.5 Å². The molecule has 0 heterocycles. The van der Waals surface area contributed by atoms with Crippen molar-refractivity contribution in [3.8, 4) is 0 Å². The van der Waals surface area contributed by atoms with Crippen LogP contribution in [0.2, 0.25) is 0 Å². The van der Waals surface area contributed by atoms with Gasteiger partial charge in [0.1, 0.15) is 0 Å². The molecule has 3 aromatic rings. The van der Waals surface area contributed by atoms with Gasteiger partial charge in [0, 0.05) is 0 Å². The van der Waals surface area contributed by atoms with Crippen LogP contribution in [-0.4, -0.2) is 16.3 Å². The number of fused-ring (bicyclic) bond motifs is 2. The molecule has 80 valence electrons. The number of benzene rings is 3. The summed E-state index contributed by atoms with van der Waals surface area (Å²) in [6.45, 7) is 4.43. The Hall–Kier alpha value is -1.29. The third-order valence-electron chi connectivity index (χ3n) is 3.59. The Morgan fingerprint density at radius 2 is 1.24 bits per heavy atom. The lowest BCUT2D eigenvalue weighted by Gasteiger charge is -2.12. The fraction of sp³-hybridized carbons (Fsp3) is 0.125. The van der Waals surface area contributed by atoms with Gasteiger partial charge in [0.25, 0.3) is 0 Å². The van der Waals surface area contributed by atoms with Crippen LogP contribution in [0.15, 0.2) is 42.5 Å². The summed E-state index contributed by atoms with van der Waals surface area (Å²) in [6, 6.07) is 15.3. The van der Waals surface area contributed by atoms with E-state index < -0.39 is 0 Å². The monoisotopic (exact) mass is 232 g/mol. The van der Waals surface area contributed by atoms with Crippen LogP contribution in [0.4, 0.5) is 0 Å². The van der Waals surface area contributed by atoms with Gasteiger partial charge in [0.05, 0.1) is 0 Å². The third-order valence-corrected chi connectivity index (χ3v) is 3.95. The zero-order valence-corrected chi connectivity index (χ0v) is 11.3. The molecule has 17 heavy (non-hydrogen) atoms. The summed E-state index contributed by atoms with van der Waals surface area (Å²) in [5.74, 6) is 0. The maximum atomic E-state index is 2.78. The fourth-order valence-electron chi connectivity index (χ4n) is 2.63. The van der Waals surface area contributed by atoms with Crippen LogP contribution < -0.4 is 4.43 Å². The molecule has 0 aliphatic carbocycles. The minimum Gasteiger partial charge on any atom is -0.138 e. The van der Waals surface area contributed by atoms with Gasteiger partial charge in [0.2, 0.25) is 0 Å². The molecule has 0 aromatic heterocycles. The van der Waals surface area contributed by atoms with E-state index in [2.05, 4.69) is 72.6 Å². The van der Waals surface area contributed by atoms with Crippen LogP contribution in [-0.2, 0) is 0 Å². The molecular weight excluding hydrogens is 219 g/mol. The fourth-order valence-corrected chi connectivity index (χ4v) is 2.89. The van der Waals surface area contributed by atoms with Gasteiger partial charge in [-0.25, -0.2) is 0 Å². The Labute approximate surface area is 110 Å². The molecular formula is C16H13Al. The van der Waals surface area contributed by atoms with Crippen molar-refractivity contribution in [1.29, 1.82) is 0 Å². The van der Waals surface area contributed by atoms with Crippen molar-refractivity contribution in [1.82, 2.24) is 0 Å². The van der Waals surface area contributed by atoms with Crippen LogP contribution in [0.25, 0.3) is 21.5 Å². The highest BCUT2D eigenvalue weighted by molar-refractivity contribution is 6.33. The third kappa shape index (κ3) is 1.59. The highest BCUT2D eigenvalue weighted by atomic mass is 27.0. The first-order valence-corrected chi connectivity index (χ1v) is 6.43. The highest BCUT2D eigenvalue weighted by Crippen LogP contribution is 2.31. The summed E-state index contributed by atoms with van der Waals surface area (Å²) in [6.07, 6.45) is 0. The zero-order valence-electron chi connectivity index (χ0n) is 10.1. The number of hydrogen-bond acceptors (Lipinski definition) is 0. The quantitative estimate of drug-likeness (QED) is 0.411.